The van der Waals surface area contributed by atoms with Gasteiger partial charge in [0.15, 0.2) is 0 Å². The highest BCUT2D eigenvalue weighted by Gasteiger charge is 2.09. The van der Waals surface area contributed by atoms with Gasteiger partial charge in [0.1, 0.15) is 17.5 Å². The van der Waals surface area contributed by atoms with Gasteiger partial charge in [-0.25, -0.2) is 9.97 Å². The van der Waals surface area contributed by atoms with Crippen LogP contribution in [-0.4, -0.2) is 37.2 Å². The van der Waals surface area contributed by atoms with Crippen molar-refractivity contribution in [3.05, 3.63) is 11.9 Å². The van der Waals surface area contributed by atoms with E-state index in [1.165, 1.54) is 25.7 Å². The number of aryl methyl sites for hydroxylation is 1. The third-order valence-corrected chi connectivity index (χ3v) is 3.29. The molecule has 0 aliphatic heterocycles. The average molecular weight is 264 g/mol. The van der Waals surface area contributed by atoms with Gasteiger partial charge in [0.2, 0.25) is 0 Å². The minimum absolute atomic E-state index is 0.846. The van der Waals surface area contributed by atoms with Crippen molar-refractivity contribution in [1.82, 2.24) is 9.97 Å². The van der Waals surface area contributed by atoms with Gasteiger partial charge in [-0.15, -0.1) is 0 Å². The Hall–Kier alpha value is -1.32. The fourth-order valence-electron chi connectivity index (χ4n) is 1.95. The summed E-state index contributed by atoms with van der Waals surface area (Å²) in [6.07, 6.45) is 4.80. The Balaban J connectivity index is 2.80. The van der Waals surface area contributed by atoms with Crippen LogP contribution in [-0.2, 0) is 0 Å². The number of aromatic nitrogens is 2. The zero-order valence-corrected chi connectivity index (χ0v) is 13.1. The second-order valence-electron chi connectivity index (χ2n) is 5.18. The van der Waals surface area contributed by atoms with Crippen LogP contribution in [0.1, 0.15) is 45.4 Å². The summed E-state index contributed by atoms with van der Waals surface area (Å²) < 4.78 is 0. The fraction of sp³-hybridized carbons (Fsp3) is 0.733. The SMILES string of the molecule is CCCCN(C)c1cc(N(C)CCCC)nc(C)n1. The number of anilines is 2. The van der Waals surface area contributed by atoms with E-state index in [2.05, 4.69) is 53.8 Å². The van der Waals surface area contributed by atoms with Crippen LogP contribution in [0.15, 0.2) is 6.07 Å². The molecule has 1 aromatic rings. The minimum atomic E-state index is 0.846. The summed E-state index contributed by atoms with van der Waals surface area (Å²) in [6.45, 7) is 8.48. The van der Waals surface area contributed by atoms with Crippen LogP contribution in [0.3, 0.4) is 0 Å². The lowest BCUT2D eigenvalue weighted by Crippen LogP contribution is -2.23. The molecule has 0 aromatic carbocycles. The maximum atomic E-state index is 4.54. The predicted octanol–water partition coefficient (Wildman–Crippen LogP) is 3.26. The number of rotatable bonds is 8. The Bertz CT molecular complexity index is 346. The highest BCUT2D eigenvalue weighted by Crippen LogP contribution is 2.18. The Kier molecular flexibility index (Phi) is 6.60. The molecule has 0 spiro atoms. The lowest BCUT2D eigenvalue weighted by Gasteiger charge is -2.22. The maximum Gasteiger partial charge on any atom is 0.134 e. The Labute approximate surface area is 117 Å². The van der Waals surface area contributed by atoms with Crippen LogP contribution in [0, 0.1) is 6.92 Å². The molecule has 0 atom stereocenters. The van der Waals surface area contributed by atoms with Crippen LogP contribution >= 0.6 is 0 Å². The fourth-order valence-corrected chi connectivity index (χ4v) is 1.95. The first-order valence-corrected chi connectivity index (χ1v) is 7.36. The lowest BCUT2D eigenvalue weighted by molar-refractivity contribution is 0.745. The van der Waals surface area contributed by atoms with Gasteiger partial charge in [0.05, 0.1) is 0 Å². The zero-order chi connectivity index (χ0) is 14.3. The van der Waals surface area contributed by atoms with E-state index in [4.69, 9.17) is 0 Å². The van der Waals surface area contributed by atoms with Crippen LogP contribution in [0.2, 0.25) is 0 Å². The van der Waals surface area contributed by atoms with Crippen molar-refractivity contribution in [2.75, 3.05) is 37.0 Å². The van der Waals surface area contributed by atoms with Crippen LogP contribution < -0.4 is 9.80 Å². The molecule has 0 saturated heterocycles. The topological polar surface area (TPSA) is 32.3 Å². The summed E-state index contributed by atoms with van der Waals surface area (Å²) in [5.41, 5.74) is 0. The van der Waals surface area contributed by atoms with Crippen molar-refractivity contribution >= 4 is 11.6 Å². The van der Waals surface area contributed by atoms with E-state index in [0.29, 0.717) is 0 Å². The summed E-state index contributed by atoms with van der Waals surface area (Å²) in [6, 6.07) is 2.10. The van der Waals surface area contributed by atoms with Gasteiger partial charge < -0.3 is 9.80 Å². The third-order valence-electron chi connectivity index (χ3n) is 3.29. The van der Waals surface area contributed by atoms with Crippen molar-refractivity contribution in [3.63, 3.8) is 0 Å². The van der Waals surface area contributed by atoms with E-state index in [-0.39, 0.29) is 0 Å². The first-order chi connectivity index (χ1) is 9.08. The van der Waals surface area contributed by atoms with E-state index in [1.807, 2.05) is 6.92 Å². The van der Waals surface area contributed by atoms with E-state index >= 15 is 0 Å². The molecular weight excluding hydrogens is 236 g/mol. The first kappa shape index (κ1) is 15.7. The van der Waals surface area contributed by atoms with Gasteiger partial charge in [-0.3, -0.25) is 0 Å². The Morgan fingerprint density at radius 1 is 0.895 bits per heavy atom. The molecule has 1 aromatic heterocycles. The maximum absolute atomic E-state index is 4.54. The van der Waals surface area contributed by atoms with Crippen molar-refractivity contribution < 1.29 is 0 Å². The second kappa shape index (κ2) is 7.97. The summed E-state index contributed by atoms with van der Waals surface area (Å²) in [5, 5.41) is 0. The Morgan fingerprint density at radius 2 is 1.32 bits per heavy atom. The van der Waals surface area contributed by atoms with Crippen LogP contribution in [0.4, 0.5) is 11.6 Å². The van der Waals surface area contributed by atoms with Crippen molar-refractivity contribution in [2.45, 2.75) is 46.5 Å². The normalized spacial score (nSPS) is 10.6. The standard InChI is InChI=1S/C15H28N4/c1-6-8-10-18(4)14-12-15(17-13(3)16-14)19(5)11-9-7-2/h12H,6-11H2,1-5H3. The number of nitrogens with zero attached hydrogens (tertiary/aromatic N) is 4. The Morgan fingerprint density at radius 3 is 1.68 bits per heavy atom. The van der Waals surface area contributed by atoms with E-state index in [1.54, 1.807) is 0 Å². The summed E-state index contributed by atoms with van der Waals surface area (Å²) >= 11 is 0. The first-order valence-electron chi connectivity index (χ1n) is 7.36. The largest absolute Gasteiger partial charge is 0.360 e. The molecule has 0 aliphatic carbocycles. The van der Waals surface area contributed by atoms with Gasteiger partial charge in [0.25, 0.3) is 0 Å². The summed E-state index contributed by atoms with van der Waals surface area (Å²) in [7, 11) is 4.21. The van der Waals surface area contributed by atoms with Gasteiger partial charge in [-0.1, -0.05) is 26.7 Å². The molecule has 0 radical (unpaired) electrons. The molecule has 1 rings (SSSR count). The van der Waals surface area contributed by atoms with E-state index in [9.17, 15) is 0 Å². The molecular formula is C15H28N4. The molecule has 0 bridgehead atoms. The molecule has 4 nitrogen and oxygen atoms in total. The van der Waals surface area contributed by atoms with Gasteiger partial charge in [-0.2, -0.15) is 0 Å². The number of hydrogen-bond donors (Lipinski definition) is 0. The molecule has 1 heterocycles. The molecule has 4 heteroatoms. The molecule has 0 amide bonds. The van der Waals surface area contributed by atoms with Gasteiger partial charge >= 0.3 is 0 Å². The van der Waals surface area contributed by atoms with E-state index < -0.39 is 0 Å². The van der Waals surface area contributed by atoms with Crippen molar-refractivity contribution in [2.24, 2.45) is 0 Å². The highest BCUT2D eigenvalue weighted by atomic mass is 15.2. The average Bonchev–Trinajstić information content (AvgIpc) is 2.41. The molecule has 0 N–H and O–H groups in total. The molecule has 108 valence electrons. The van der Waals surface area contributed by atoms with Crippen molar-refractivity contribution in [3.8, 4) is 0 Å². The molecule has 0 saturated carbocycles. The minimum Gasteiger partial charge on any atom is -0.360 e. The molecule has 0 fully saturated rings. The quantitative estimate of drug-likeness (QED) is 0.721. The summed E-state index contributed by atoms with van der Waals surface area (Å²) in [5.74, 6) is 2.90. The van der Waals surface area contributed by atoms with Crippen molar-refractivity contribution in [1.29, 1.82) is 0 Å². The van der Waals surface area contributed by atoms with Crippen LogP contribution in [0.25, 0.3) is 0 Å². The number of unbranched alkanes of at least 4 members (excludes halogenated alkanes) is 2. The number of hydrogen-bond acceptors (Lipinski definition) is 4. The highest BCUT2D eigenvalue weighted by molar-refractivity contribution is 5.50. The zero-order valence-electron chi connectivity index (χ0n) is 13.1. The third kappa shape index (κ3) is 5.05. The monoisotopic (exact) mass is 264 g/mol. The predicted molar refractivity (Wildman–Crippen MR) is 83.1 cm³/mol. The van der Waals surface area contributed by atoms with E-state index in [0.717, 1.165) is 30.5 Å². The molecule has 19 heavy (non-hydrogen) atoms. The van der Waals surface area contributed by atoms with Gasteiger partial charge in [0, 0.05) is 33.3 Å². The lowest BCUT2D eigenvalue weighted by atomic mass is 10.3. The van der Waals surface area contributed by atoms with Crippen LogP contribution in [0.5, 0.6) is 0 Å². The molecule has 0 aliphatic rings. The molecule has 0 unspecified atom stereocenters. The smallest absolute Gasteiger partial charge is 0.134 e. The van der Waals surface area contributed by atoms with Gasteiger partial charge in [-0.05, 0) is 19.8 Å². The second-order valence-corrected chi connectivity index (χ2v) is 5.18. The summed E-state index contributed by atoms with van der Waals surface area (Å²) in [4.78, 5) is 13.5.